The van der Waals surface area contributed by atoms with Crippen LogP contribution in [0.4, 0.5) is 17.3 Å². The predicted molar refractivity (Wildman–Crippen MR) is 121 cm³/mol. The topological polar surface area (TPSA) is 128 Å². The molecule has 30 heavy (non-hydrogen) atoms. The highest BCUT2D eigenvalue weighted by molar-refractivity contribution is 7.07. The van der Waals surface area contributed by atoms with Gasteiger partial charge in [-0.05, 0) is 39.4 Å². The molecule has 1 saturated carbocycles. The molecule has 0 unspecified atom stereocenters. The second kappa shape index (κ2) is 9.81. The van der Waals surface area contributed by atoms with Crippen molar-refractivity contribution in [2.75, 3.05) is 31.0 Å². The maximum atomic E-state index is 9.07. The summed E-state index contributed by atoms with van der Waals surface area (Å²) in [6.07, 6.45) is 3.64. The van der Waals surface area contributed by atoms with E-state index in [9.17, 15) is 0 Å². The van der Waals surface area contributed by atoms with Crippen LogP contribution in [0.5, 0.6) is 0 Å². The van der Waals surface area contributed by atoms with Crippen molar-refractivity contribution < 1.29 is 5.21 Å². The first-order valence-corrected chi connectivity index (χ1v) is 10.8. The molecule has 0 amide bonds. The van der Waals surface area contributed by atoms with Crippen molar-refractivity contribution >= 4 is 41.2 Å². The molecule has 1 fully saturated rings. The monoisotopic (exact) mass is 431 g/mol. The number of nitrogens with zero attached hydrogens (tertiary/aromatic N) is 7. The van der Waals surface area contributed by atoms with Gasteiger partial charge in [0.25, 0.3) is 0 Å². The maximum absolute atomic E-state index is 9.07. The van der Waals surface area contributed by atoms with E-state index in [-0.39, 0.29) is 17.7 Å². The number of hydrogen-bond donors (Lipinski definition) is 3. The van der Waals surface area contributed by atoms with Crippen LogP contribution in [0.1, 0.15) is 37.7 Å². The van der Waals surface area contributed by atoms with E-state index in [2.05, 4.69) is 49.0 Å². The van der Waals surface area contributed by atoms with Crippen LogP contribution in [-0.4, -0.2) is 64.4 Å². The van der Waals surface area contributed by atoms with E-state index in [0.717, 1.165) is 17.9 Å². The van der Waals surface area contributed by atoms with E-state index < -0.39 is 0 Å². The highest BCUT2D eigenvalue weighted by atomic mass is 32.1. The van der Waals surface area contributed by atoms with Gasteiger partial charge in [-0.25, -0.2) is 19.9 Å². The second-order valence-electron chi connectivity index (χ2n) is 7.67. The van der Waals surface area contributed by atoms with E-state index in [0.29, 0.717) is 24.2 Å². The SMILES string of the molecule is C=Nc1nc(/C(N)=N/O)nc(N[C@H](C)C2CCC2)c1N(C)CN(C)Cc1cscn1. The average Bonchev–Trinajstić information content (AvgIpc) is 3.17. The molecule has 1 aliphatic rings. The van der Waals surface area contributed by atoms with Gasteiger partial charge in [-0.2, -0.15) is 0 Å². The predicted octanol–water partition coefficient (Wildman–Crippen LogP) is 2.49. The van der Waals surface area contributed by atoms with Crippen LogP contribution in [0.15, 0.2) is 21.0 Å². The van der Waals surface area contributed by atoms with Gasteiger partial charge in [0.15, 0.2) is 11.6 Å². The van der Waals surface area contributed by atoms with Gasteiger partial charge in [-0.1, -0.05) is 11.6 Å². The lowest BCUT2D eigenvalue weighted by Crippen LogP contribution is -2.35. The fraction of sp³-hybridized carbons (Fsp3) is 0.526. The largest absolute Gasteiger partial charge is 0.409 e. The molecule has 1 aliphatic carbocycles. The Kier molecular flexibility index (Phi) is 7.16. The fourth-order valence-corrected chi connectivity index (χ4v) is 4.06. The number of anilines is 2. The maximum Gasteiger partial charge on any atom is 0.208 e. The first kappa shape index (κ1) is 21.9. The number of thiazole rings is 1. The van der Waals surface area contributed by atoms with Crippen LogP contribution < -0.4 is 16.0 Å². The first-order valence-electron chi connectivity index (χ1n) is 9.82. The van der Waals surface area contributed by atoms with Crippen LogP contribution in [0.2, 0.25) is 0 Å². The zero-order chi connectivity index (χ0) is 21.7. The molecule has 10 nitrogen and oxygen atoms in total. The van der Waals surface area contributed by atoms with E-state index in [1.807, 2.05) is 29.9 Å². The molecule has 0 bridgehead atoms. The van der Waals surface area contributed by atoms with Crippen LogP contribution in [-0.2, 0) is 6.54 Å². The lowest BCUT2D eigenvalue weighted by atomic mass is 9.80. The summed E-state index contributed by atoms with van der Waals surface area (Å²) in [6, 6.07) is 0.228. The Morgan fingerprint density at radius 1 is 1.43 bits per heavy atom. The standard InChI is InChI=1S/C19H29N9OS/c1-12(13-6-5-7-13)23-18-15(17(21-2)24-19(25-18)16(20)26-29)28(4)11-27(3)8-14-9-30-10-22-14/h9-10,12-13,29H,2,5-8,11H2,1,3-4H3,(H2,20,26)(H,23,24,25)/t12-/m1/s1. The molecule has 0 radical (unpaired) electrons. The Labute approximate surface area is 180 Å². The summed E-state index contributed by atoms with van der Waals surface area (Å²) in [5, 5.41) is 17.6. The second-order valence-corrected chi connectivity index (χ2v) is 8.39. The number of nitrogens with one attached hydrogen (secondary N) is 1. The van der Waals surface area contributed by atoms with E-state index in [4.69, 9.17) is 10.9 Å². The molecular weight excluding hydrogens is 402 g/mol. The lowest BCUT2D eigenvalue weighted by Gasteiger charge is -2.34. The molecule has 4 N–H and O–H groups in total. The minimum Gasteiger partial charge on any atom is -0.409 e. The number of oxime groups is 1. The normalized spacial score (nSPS) is 15.7. The summed E-state index contributed by atoms with van der Waals surface area (Å²) < 4.78 is 0. The third-order valence-electron chi connectivity index (χ3n) is 5.32. The molecule has 0 aromatic carbocycles. The quantitative estimate of drug-likeness (QED) is 0.172. The Morgan fingerprint density at radius 3 is 2.77 bits per heavy atom. The Morgan fingerprint density at radius 2 is 2.20 bits per heavy atom. The molecule has 0 spiro atoms. The third kappa shape index (κ3) is 5.03. The molecule has 0 aliphatic heterocycles. The van der Waals surface area contributed by atoms with Gasteiger partial charge in [0.05, 0.1) is 17.9 Å². The minimum absolute atomic E-state index is 0.108. The molecule has 2 aromatic rings. The summed E-state index contributed by atoms with van der Waals surface area (Å²) in [7, 11) is 3.97. The smallest absolute Gasteiger partial charge is 0.208 e. The highest BCUT2D eigenvalue weighted by Gasteiger charge is 2.27. The lowest BCUT2D eigenvalue weighted by molar-refractivity contribution is 0.285. The summed E-state index contributed by atoms with van der Waals surface area (Å²) in [4.78, 5) is 21.5. The van der Waals surface area contributed by atoms with Crippen molar-refractivity contribution in [3.8, 4) is 0 Å². The number of amidine groups is 1. The van der Waals surface area contributed by atoms with Gasteiger partial charge in [-0.15, -0.1) is 11.3 Å². The Hall–Kier alpha value is -2.79. The average molecular weight is 432 g/mol. The zero-order valence-electron chi connectivity index (χ0n) is 17.6. The molecule has 0 saturated heterocycles. The number of nitrogens with two attached hydrogens (primary N) is 1. The first-order chi connectivity index (χ1) is 14.4. The number of aliphatic imine (C=N–C) groups is 1. The molecule has 1 atom stereocenters. The van der Waals surface area contributed by atoms with Crippen molar-refractivity contribution in [2.24, 2.45) is 21.8 Å². The van der Waals surface area contributed by atoms with Crippen molar-refractivity contribution in [1.29, 1.82) is 0 Å². The Balaban J connectivity index is 1.89. The van der Waals surface area contributed by atoms with Crippen molar-refractivity contribution in [2.45, 2.75) is 38.8 Å². The van der Waals surface area contributed by atoms with Gasteiger partial charge in [0.2, 0.25) is 11.7 Å². The van der Waals surface area contributed by atoms with Crippen LogP contribution in [0, 0.1) is 5.92 Å². The molecule has 3 rings (SSSR count). The van der Waals surface area contributed by atoms with Gasteiger partial charge < -0.3 is 21.2 Å². The molecule has 162 valence electrons. The van der Waals surface area contributed by atoms with Crippen molar-refractivity contribution in [3.63, 3.8) is 0 Å². The van der Waals surface area contributed by atoms with Gasteiger partial charge >= 0.3 is 0 Å². The molecule has 2 heterocycles. The molecular formula is C19H29N9OS. The Bertz CT molecular complexity index is 882. The molecule has 11 heteroatoms. The van der Waals surface area contributed by atoms with Gasteiger partial charge in [0.1, 0.15) is 5.69 Å². The summed E-state index contributed by atoms with van der Waals surface area (Å²) in [5.74, 6) is 1.50. The number of aromatic nitrogens is 3. The summed E-state index contributed by atoms with van der Waals surface area (Å²) in [6.45, 7) is 7.12. The minimum atomic E-state index is -0.172. The number of hydrogen-bond acceptors (Lipinski definition) is 10. The fourth-order valence-electron chi connectivity index (χ4n) is 3.51. The summed E-state index contributed by atoms with van der Waals surface area (Å²) >= 11 is 1.58. The number of rotatable bonds is 10. The van der Waals surface area contributed by atoms with Gasteiger partial charge in [-0.3, -0.25) is 4.90 Å². The van der Waals surface area contributed by atoms with Gasteiger partial charge in [0, 0.05) is 25.0 Å². The highest BCUT2D eigenvalue weighted by Crippen LogP contribution is 2.36. The van der Waals surface area contributed by atoms with Crippen molar-refractivity contribution in [3.05, 3.63) is 22.4 Å². The van der Waals surface area contributed by atoms with E-state index >= 15 is 0 Å². The van der Waals surface area contributed by atoms with Crippen LogP contribution >= 0.6 is 11.3 Å². The molecule has 2 aromatic heterocycles. The summed E-state index contributed by atoms with van der Waals surface area (Å²) in [5.41, 5.74) is 9.32. The van der Waals surface area contributed by atoms with Crippen molar-refractivity contribution in [1.82, 2.24) is 19.9 Å². The van der Waals surface area contributed by atoms with Crippen LogP contribution in [0.3, 0.4) is 0 Å². The van der Waals surface area contributed by atoms with E-state index in [1.165, 1.54) is 19.3 Å². The van der Waals surface area contributed by atoms with Crippen LogP contribution in [0.25, 0.3) is 0 Å². The van der Waals surface area contributed by atoms with E-state index in [1.54, 1.807) is 11.3 Å². The third-order valence-corrected chi connectivity index (χ3v) is 5.96. The zero-order valence-corrected chi connectivity index (χ0v) is 18.4.